The minimum absolute atomic E-state index is 0.0180. The molecule has 35 heavy (non-hydrogen) atoms. The van der Waals surface area contributed by atoms with Crippen LogP contribution in [0.3, 0.4) is 0 Å². The fourth-order valence-electron chi connectivity index (χ4n) is 5.39. The Balaban J connectivity index is 0.000000178. The Kier molecular flexibility index (Phi) is 6.16. The fraction of sp³-hybridized carbons (Fsp3) is 0.682. The number of nitrogens with zero attached hydrogens (tertiary/aromatic N) is 5. The Morgan fingerprint density at radius 1 is 1.17 bits per heavy atom. The van der Waals surface area contributed by atoms with Gasteiger partial charge in [0.25, 0.3) is 0 Å². The highest BCUT2D eigenvalue weighted by atomic mass is 19.1. The van der Waals surface area contributed by atoms with Crippen molar-refractivity contribution in [2.45, 2.75) is 69.3 Å². The summed E-state index contributed by atoms with van der Waals surface area (Å²) < 4.78 is 38.2. The van der Waals surface area contributed by atoms with Gasteiger partial charge in [-0.05, 0) is 32.6 Å². The number of aryl methyl sites for hydroxylation is 1. The Morgan fingerprint density at radius 3 is 2.71 bits per heavy atom. The second-order valence-electron chi connectivity index (χ2n) is 9.47. The molecule has 4 N–H and O–H groups in total. The van der Waals surface area contributed by atoms with Crippen molar-refractivity contribution in [3.8, 4) is 11.9 Å². The Labute approximate surface area is 199 Å². The predicted octanol–water partition coefficient (Wildman–Crippen LogP) is 0.703. The lowest BCUT2D eigenvalue weighted by atomic mass is 10.0. The maximum Gasteiger partial charge on any atom is 0.321 e. The largest absolute Gasteiger partial charge is 0.475 e. The number of hydrogen-bond acceptors (Lipinski definition) is 11. The summed E-state index contributed by atoms with van der Waals surface area (Å²) in [4.78, 5) is 15.9. The minimum Gasteiger partial charge on any atom is -0.475 e. The van der Waals surface area contributed by atoms with Crippen molar-refractivity contribution in [2.75, 3.05) is 31.4 Å². The molecule has 0 bridgehead atoms. The third kappa shape index (κ3) is 4.25. The van der Waals surface area contributed by atoms with Crippen molar-refractivity contribution >= 4 is 16.7 Å². The van der Waals surface area contributed by atoms with Crippen LogP contribution in [-0.4, -0.2) is 90.6 Å². The number of aromatic nitrogens is 3. The standard InChI is InChI=1S/C15H17FN4O3.C7H12FNO3/c1-8-11(16)12-10-13(19-15(18-12)23-7-21)20-5-3-2-4-9(20)6-22-14(10)17-8;8-5-3-6(10)1-2-7(11,12)9(6)4-5/h9,21H,2-7H2,1H3;5,10-12H,1-4H2. The molecular weight excluding hydrogens is 468 g/mol. The van der Waals surface area contributed by atoms with Crippen molar-refractivity contribution in [2.24, 2.45) is 0 Å². The van der Waals surface area contributed by atoms with Crippen LogP contribution < -0.4 is 14.4 Å². The molecule has 0 spiro atoms. The molecular formula is C22H29F2N5O6. The van der Waals surface area contributed by atoms with Gasteiger partial charge in [0, 0.05) is 25.9 Å². The van der Waals surface area contributed by atoms with Crippen LogP contribution >= 0.6 is 0 Å². The van der Waals surface area contributed by atoms with E-state index in [1.54, 1.807) is 6.92 Å². The van der Waals surface area contributed by atoms with Crippen LogP contribution in [0.25, 0.3) is 10.9 Å². The normalized spacial score (nSPS) is 29.1. The van der Waals surface area contributed by atoms with Crippen LogP contribution in [0.15, 0.2) is 0 Å². The third-order valence-electron chi connectivity index (χ3n) is 7.11. The average Bonchev–Trinajstić information content (AvgIpc) is 3.18. The van der Waals surface area contributed by atoms with Crippen LogP contribution in [0, 0.1) is 12.7 Å². The number of aliphatic hydroxyl groups is 4. The lowest BCUT2D eigenvalue weighted by Crippen LogP contribution is -2.50. The number of alkyl halides is 1. The van der Waals surface area contributed by atoms with Gasteiger partial charge in [0.2, 0.25) is 11.8 Å². The number of halogens is 2. The maximum atomic E-state index is 14.6. The van der Waals surface area contributed by atoms with E-state index in [9.17, 15) is 24.1 Å². The van der Waals surface area contributed by atoms with Crippen LogP contribution in [0.5, 0.6) is 11.9 Å². The topological polar surface area (TPSA) is 145 Å². The second kappa shape index (κ2) is 8.89. The van der Waals surface area contributed by atoms with Gasteiger partial charge in [0.1, 0.15) is 35.2 Å². The maximum absolute atomic E-state index is 14.6. The molecule has 0 radical (unpaired) electrons. The molecule has 3 atom stereocenters. The van der Waals surface area contributed by atoms with E-state index in [2.05, 4.69) is 19.9 Å². The molecule has 3 fully saturated rings. The van der Waals surface area contributed by atoms with Crippen LogP contribution in [0.1, 0.15) is 44.2 Å². The van der Waals surface area contributed by atoms with E-state index >= 15 is 0 Å². The van der Waals surface area contributed by atoms with Crippen molar-refractivity contribution in [3.05, 3.63) is 11.5 Å². The number of piperidine rings is 1. The first-order valence-electron chi connectivity index (χ1n) is 11.7. The molecule has 3 unspecified atom stereocenters. The lowest BCUT2D eigenvalue weighted by molar-refractivity contribution is -0.277. The number of ether oxygens (including phenoxy) is 2. The number of rotatable bonds is 2. The van der Waals surface area contributed by atoms with Crippen molar-refractivity contribution < 1.29 is 38.7 Å². The van der Waals surface area contributed by atoms with E-state index in [1.807, 2.05) is 0 Å². The van der Waals surface area contributed by atoms with Gasteiger partial charge in [-0.2, -0.15) is 9.97 Å². The summed E-state index contributed by atoms with van der Waals surface area (Å²) >= 11 is 0. The van der Waals surface area contributed by atoms with Gasteiger partial charge < -0.3 is 34.8 Å². The van der Waals surface area contributed by atoms with E-state index < -0.39 is 30.4 Å². The van der Waals surface area contributed by atoms with Crippen molar-refractivity contribution in [1.29, 1.82) is 0 Å². The van der Waals surface area contributed by atoms with Crippen molar-refractivity contribution in [1.82, 2.24) is 19.9 Å². The molecule has 2 aromatic heterocycles. The molecule has 0 aromatic carbocycles. The highest BCUT2D eigenvalue weighted by molar-refractivity contribution is 5.95. The number of aliphatic hydroxyl groups excluding tert-OH is 1. The van der Waals surface area contributed by atoms with Crippen LogP contribution in [-0.2, 0) is 0 Å². The fourth-order valence-corrected chi connectivity index (χ4v) is 5.39. The number of fused-ring (bicyclic) bond motifs is 3. The first-order chi connectivity index (χ1) is 16.6. The summed E-state index contributed by atoms with van der Waals surface area (Å²) in [7, 11) is 0. The smallest absolute Gasteiger partial charge is 0.321 e. The predicted molar refractivity (Wildman–Crippen MR) is 118 cm³/mol. The monoisotopic (exact) mass is 497 g/mol. The van der Waals surface area contributed by atoms with Gasteiger partial charge in [-0.25, -0.2) is 18.7 Å². The van der Waals surface area contributed by atoms with Gasteiger partial charge in [-0.3, -0.25) is 0 Å². The number of anilines is 1. The Bertz CT molecular complexity index is 1120. The summed E-state index contributed by atoms with van der Waals surface area (Å²) in [5.74, 6) is -1.61. The molecule has 3 saturated heterocycles. The molecule has 4 aliphatic heterocycles. The van der Waals surface area contributed by atoms with E-state index in [0.717, 1.165) is 30.7 Å². The highest BCUT2D eigenvalue weighted by Crippen LogP contribution is 2.44. The van der Waals surface area contributed by atoms with Crippen molar-refractivity contribution in [3.63, 3.8) is 0 Å². The molecule has 4 aliphatic rings. The lowest BCUT2D eigenvalue weighted by Gasteiger charge is -2.34. The molecule has 6 rings (SSSR count). The van der Waals surface area contributed by atoms with E-state index in [-0.39, 0.29) is 49.1 Å². The first-order valence-corrected chi connectivity index (χ1v) is 11.7. The van der Waals surface area contributed by atoms with Gasteiger partial charge >= 0.3 is 6.01 Å². The van der Waals surface area contributed by atoms with E-state index in [1.165, 1.54) is 0 Å². The molecule has 0 saturated carbocycles. The van der Waals surface area contributed by atoms with Crippen LogP contribution in [0.4, 0.5) is 14.6 Å². The number of pyridine rings is 1. The van der Waals surface area contributed by atoms with E-state index in [0.29, 0.717) is 23.7 Å². The summed E-state index contributed by atoms with van der Waals surface area (Å²) in [6, 6.07) is 0.123. The first kappa shape index (κ1) is 24.3. The zero-order valence-corrected chi connectivity index (χ0v) is 19.3. The zero-order chi connectivity index (χ0) is 25.0. The molecule has 13 heteroatoms. The van der Waals surface area contributed by atoms with Gasteiger partial charge in [0.15, 0.2) is 12.6 Å². The summed E-state index contributed by atoms with van der Waals surface area (Å²) in [5.41, 5.74) is -0.998. The van der Waals surface area contributed by atoms with Gasteiger partial charge in [-0.15, -0.1) is 0 Å². The SMILES string of the molecule is Cc1nc2c3c(nc(OCO)nc3c1F)N1CCCCC1CO2.OC1(O)CCC2(O)CC(F)CN12. The number of hydrogen-bond donors (Lipinski definition) is 4. The molecule has 6 heterocycles. The molecule has 192 valence electrons. The summed E-state index contributed by atoms with van der Waals surface area (Å²) in [6.07, 6.45) is 2.27. The Morgan fingerprint density at radius 2 is 1.97 bits per heavy atom. The zero-order valence-electron chi connectivity index (χ0n) is 19.3. The van der Waals surface area contributed by atoms with Crippen LogP contribution in [0.2, 0.25) is 0 Å². The molecule has 0 aliphatic carbocycles. The molecule has 2 aromatic rings. The second-order valence-corrected chi connectivity index (χ2v) is 9.47. The summed E-state index contributed by atoms with van der Waals surface area (Å²) in [6.45, 7) is 2.21. The summed E-state index contributed by atoms with van der Waals surface area (Å²) in [5, 5.41) is 37.8. The minimum atomic E-state index is -2.02. The molecule has 11 nitrogen and oxygen atoms in total. The van der Waals surface area contributed by atoms with E-state index in [4.69, 9.17) is 14.6 Å². The van der Waals surface area contributed by atoms with Gasteiger partial charge in [-0.1, -0.05) is 0 Å². The average molecular weight is 497 g/mol. The Hall–Kier alpha value is -2.45. The van der Waals surface area contributed by atoms with Gasteiger partial charge in [0.05, 0.1) is 11.7 Å². The third-order valence-corrected chi connectivity index (χ3v) is 7.11. The molecule has 0 amide bonds. The highest BCUT2D eigenvalue weighted by Gasteiger charge is 2.58. The quantitative estimate of drug-likeness (QED) is 0.435.